The Kier molecular flexibility index (Phi) is 6.52. The lowest BCUT2D eigenvalue weighted by Gasteiger charge is -2.70. The van der Waals surface area contributed by atoms with Crippen LogP contribution >= 0.6 is 11.6 Å². The van der Waals surface area contributed by atoms with Gasteiger partial charge in [-0.2, -0.15) is 5.26 Å². The van der Waals surface area contributed by atoms with E-state index in [9.17, 15) is 14.0 Å². The Hall–Kier alpha value is -3.18. The number of aryl methyl sites for hydroxylation is 1. The number of ketones is 1. The molecule has 2 aromatic rings. The first kappa shape index (κ1) is 23.0. The third-order valence-electron chi connectivity index (χ3n) is 6.08. The number of Topliss-reactive ketones (excluding diaryl/α,β-unsaturated/α-hetero) is 1. The predicted molar refractivity (Wildman–Crippen MR) is 117 cm³/mol. The molecule has 172 valence electrons. The van der Waals surface area contributed by atoms with Crippen molar-refractivity contribution in [3.05, 3.63) is 52.9 Å². The number of benzene rings is 1. The molecule has 0 spiro atoms. The molecular weight excluding hydrogens is 449 g/mol. The van der Waals surface area contributed by atoms with Crippen molar-refractivity contribution in [3.63, 3.8) is 0 Å². The number of amides is 1. The molecule has 3 saturated carbocycles. The van der Waals surface area contributed by atoms with Gasteiger partial charge in [-0.05, 0) is 48.8 Å². The van der Waals surface area contributed by atoms with Crippen molar-refractivity contribution in [3.8, 4) is 17.7 Å². The summed E-state index contributed by atoms with van der Waals surface area (Å²) in [6, 6.07) is 9.65. The van der Waals surface area contributed by atoms with Gasteiger partial charge in [0.25, 0.3) is 5.91 Å². The van der Waals surface area contributed by atoms with Crippen molar-refractivity contribution in [1.29, 1.82) is 5.26 Å². The Morgan fingerprint density at radius 1 is 1.18 bits per heavy atom. The number of hydrogen-bond acceptors (Lipinski definition) is 6. The Bertz CT molecular complexity index is 1080. The van der Waals surface area contributed by atoms with Crippen LogP contribution in [0.15, 0.2) is 36.5 Å². The van der Waals surface area contributed by atoms with Crippen LogP contribution in [0.5, 0.6) is 11.6 Å². The van der Waals surface area contributed by atoms with E-state index in [1.807, 2.05) is 6.07 Å². The summed E-state index contributed by atoms with van der Waals surface area (Å²) in [5.74, 6) is -0.259. The molecule has 1 heterocycles. The highest BCUT2D eigenvalue weighted by molar-refractivity contribution is 6.30. The van der Waals surface area contributed by atoms with Crippen molar-refractivity contribution in [2.24, 2.45) is 5.41 Å². The average molecular weight is 472 g/mol. The predicted octanol–water partition coefficient (Wildman–Crippen LogP) is 3.79. The molecule has 3 fully saturated rings. The first-order chi connectivity index (χ1) is 15.8. The minimum Gasteiger partial charge on any atom is -0.486 e. The van der Waals surface area contributed by atoms with Gasteiger partial charge in [0, 0.05) is 36.7 Å². The summed E-state index contributed by atoms with van der Waals surface area (Å²) in [6.07, 6.45) is 5.31. The minimum atomic E-state index is -0.592. The van der Waals surface area contributed by atoms with Gasteiger partial charge in [0.1, 0.15) is 18.2 Å². The van der Waals surface area contributed by atoms with Crippen LogP contribution in [-0.4, -0.2) is 35.4 Å². The average Bonchev–Trinajstić information content (AvgIpc) is 2.75. The molecule has 0 aliphatic heterocycles. The van der Waals surface area contributed by atoms with E-state index in [-0.39, 0.29) is 46.6 Å². The molecule has 3 aliphatic rings. The zero-order valence-corrected chi connectivity index (χ0v) is 18.7. The Balaban J connectivity index is 1.15. The molecule has 2 bridgehead atoms. The number of hydrogen-bond donors (Lipinski definition) is 1. The summed E-state index contributed by atoms with van der Waals surface area (Å²) in [5.41, 5.74) is 0.601. The highest BCUT2D eigenvalue weighted by atomic mass is 35.5. The van der Waals surface area contributed by atoms with Gasteiger partial charge >= 0.3 is 0 Å². The highest BCUT2D eigenvalue weighted by Crippen LogP contribution is 2.68. The van der Waals surface area contributed by atoms with E-state index in [4.69, 9.17) is 26.3 Å². The SMILES string of the molecule is N#CCCc1ccc(OCC(=O)NC23CC(CC(=O)COc4ccc(Cl)c(F)c4)(C2)C3)nc1. The van der Waals surface area contributed by atoms with Gasteiger partial charge in [0.15, 0.2) is 12.4 Å². The standard InChI is InChI=1S/C24H23ClFN3O4/c25-19-5-4-18(8-20(19)26)32-11-17(30)9-23-13-24(14-23,15-23)29-21(31)12-33-22-6-3-16(10-28-22)2-1-7-27/h3-6,8,10H,1-2,9,11-15H2,(H,29,31). The van der Waals surface area contributed by atoms with Gasteiger partial charge in [0.2, 0.25) is 5.88 Å². The second-order valence-corrected chi connectivity index (χ2v) is 9.30. The summed E-state index contributed by atoms with van der Waals surface area (Å²) in [4.78, 5) is 28.7. The molecular formula is C24H23ClFN3O4. The zero-order valence-electron chi connectivity index (χ0n) is 17.9. The lowest BCUT2D eigenvalue weighted by atomic mass is 9.38. The normalized spacial score (nSPS) is 22.3. The van der Waals surface area contributed by atoms with E-state index in [0.29, 0.717) is 25.1 Å². The number of carbonyl (C=O) groups excluding carboxylic acids is 2. The molecule has 0 radical (unpaired) electrons. The number of nitrogens with zero attached hydrogens (tertiary/aromatic N) is 2. The minimum absolute atomic E-state index is 0.00136. The Morgan fingerprint density at radius 3 is 2.64 bits per heavy atom. The van der Waals surface area contributed by atoms with Crippen molar-refractivity contribution in [2.45, 2.75) is 44.1 Å². The van der Waals surface area contributed by atoms with Crippen LogP contribution in [0.4, 0.5) is 4.39 Å². The highest BCUT2D eigenvalue weighted by Gasteiger charge is 2.68. The topological polar surface area (TPSA) is 101 Å². The van der Waals surface area contributed by atoms with Gasteiger partial charge in [-0.15, -0.1) is 0 Å². The van der Waals surface area contributed by atoms with Gasteiger partial charge in [0.05, 0.1) is 11.1 Å². The number of nitriles is 1. The lowest BCUT2D eigenvalue weighted by Crippen LogP contribution is -2.75. The number of halogens is 2. The summed E-state index contributed by atoms with van der Waals surface area (Å²) < 4.78 is 24.3. The fourth-order valence-electron chi connectivity index (χ4n) is 4.83. The van der Waals surface area contributed by atoms with Crippen LogP contribution in [0, 0.1) is 22.6 Å². The molecule has 1 aromatic carbocycles. The number of rotatable bonds is 11. The van der Waals surface area contributed by atoms with E-state index in [1.54, 1.807) is 12.3 Å². The molecule has 33 heavy (non-hydrogen) atoms. The van der Waals surface area contributed by atoms with E-state index in [0.717, 1.165) is 30.9 Å². The fraction of sp³-hybridized carbons (Fsp3) is 0.417. The molecule has 9 heteroatoms. The Labute approximate surface area is 195 Å². The van der Waals surface area contributed by atoms with Crippen molar-refractivity contribution in [1.82, 2.24) is 10.3 Å². The molecule has 3 aliphatic carbocycles. The monoisotopic (exact) mass is 471 g/mol. The summed E-state index contributed by atoms with van der Waals surface area (Å²) in [7, 11) is 0. The maximum Gasteiger partial charge on any atom is 0.258 e. The van der Waals surface area contributed by atoms with Crippen molar-refractivity contribution >= 4 is 23.3 Å². The summed E-state index contributed by atoms with van der Waals surface area (Å²) in [6.45, 7) is -0.262. The number of pyridine rings is 1. The van der Waals surface area contributed by atoms with E-state index < -0.39 is 5.82 Å². The zero-order chi connectivity index (χ0) is 23.5. The lowest BCUT2D eigenvalue weighted by molar-refractivity contribution is -0.173. The largest absolute Gasteiger partial charge is 0.486 e. The van der Waals surface area contributed by atoms with Crippen LogP contribution < -0.4 is 14.8 Å². The molecule has 0 saturated heterocycles. The first-order valence-corrected chi connectivity index (χ1v) is 11.0. The van der Waals surface area contributed by atoms with Gasteiger partial charge in [-0.3, -0.25) is 9.59 Å². The number of carbonyl (C=O) groups is 2. The number of nitrogens with one attached hydrogen (secondary N) is 1. The number of ether oxygens (including phenoxy) is 2. The molecule has 0 atom stereocenters. The molecule has 0 unspecified atom stereocenters. The first-order valence-electron chi connectivity index (χ1n) is 10.7. The van der Waals surface area contributed by atoms with E-state index in [1.165, 1.54) is 12.1 Å². The second-order valence-electron chi connectivity index (χ2n) is 8.89. The van der Waals surface area contributed by atoms with Gasteiger partial charge in [-0.25, -0.2) is 9.37 Å². The quantitative estimate of drug-likeness (QED) is 0.535. The molecule has 1 N–H and O–H groups in total. The number of aromatic nitrogens is 1. The van der Waals surface area contributed by atoms with E-state index in [2.05, 4.69) is 16.4 Å². The third-order valence-corrected chi connectivity index (χ3v) is 6.39. The summed E-state index contributed by atoms with van der Waals surface area (Å²) >= 11 is 5.64. The third kappa shape index (κ3) is 5.42. The Morgan fingerprint density at radius 2 is 1.97 bits per heavy atom. The molecule has 5 rings (SSSR count). The van der Waals surface area contributed by atoms with Crippen molar-refractivity contribution < 1.29 is 23.5 Å². The maximum atomic E-state index is 13.4. The van der Waals surface area contributed by atoms with E-state index >= 15 is 0 Å². The van der Waals surface area contributed by atoms with Crippen LogP contribution in [0.2, 0.25) is 5.02 Å². The van der Waals surface area contributed by atoms with Crippen LogP contribution in [-0.2, 0) is 16.0 Å². The van der Waals surface area contributed by atoms with Crippen LogP contribution in [0.25, 0.3) is 0 Å². The maximum absolute atomic E-state index is 13.4. The molecule has 7 nitrogen and oxygen atoms in total. The van der Waals surface area contributed by atoms with Gasteiger partial charge in [-0.1, -0.05) is 17.7 Å². The molecule has 1 aromatic heterocycles. The molecule has 1 amide bonds. The van der Waals surface area contributed by atoms with Crippen LogP contribution in [0.1, 0.15) is 37.7 Å². The smallest absolute Gasteiger partial charge is 0.258 e. The van der Waals surface area contributed by atoms with Crippen LogP contribution in [0.3, 0.4) is 0 Å². The summed E-state index contributed by atoms with van der Waals surface area (Å²) in [5, 5.41) is 11.6. The second kappa shape index (κ2) is 9.36. The van der Waals surface area contributed by atoms with Gasteiger partial charge < -0.3 is 14.8 Å². The van der Waals surface area contributed by atoms with Crippen molar-refractivity contribution in [2.75, 3.05) is 13.2 Å². The fourth-order valence-corrected chi connectivity index (χ4v) is 4.95.